The van der Waals surface area contributed by atoms with E-state index in [2.05, 4.69) is 20.4 Å². The van der Waals surface area contributed by atoms with Gasteiger partial charge >= 0.3 is 0 Å². The molecule has 7 heteroatoms. The number of rotatable bonds is 2. The molecule has 0 radical (unpaired) electrons. The van der Waals surface area contributed by atoms with E-state index >= 15 is 0 Å². The smallest absolute Gasteiger partial charge is 0.239 e. The Labute approximate surface area is 138 Å². The number of aromatic nitrogens is 6. The third-order valence-electron chi connectivity index (χ3n) is 4.95. The molecule has 2 aliphatic rings. The predicted octanol–water partition coefficient (Wildman–Crippen LogP) is 2.74. The SMILES string of the molecule is FC1CC(c2ccccc2)n2nc(-n3nnc4c3CCCC4)nc21. The Morgan fingerprint density at radius 2 is 1.92 bits per heavy atom. The Balaban J connectivity index is 1.58. The first kappa shape index (κ1) is 13.8. The molecule has 2 unspecified atom stereocenters. The Bertz CT molecular complexity index is 884. The highest BCUT2D eigenvalue weighted by atomic mass is 19.1. The van der Waals surface area contributed by atoms with Crippen LogP contribution in [-0.4, -0.2) is 29.8 Å². The number of hydrogen-bond acceptors (Lipinski definition) is 4. The fourth-order valence-corrected chi connectivity index (χ4v) is 3.73. The number of nitrogens with zero attached hydrogens (tertiary/aromatic N) is 6. The first-order chi connectivity index (χ1) is 11.8. The fourth-order valence-electron chi connectivity index (χ4n) is 3.73. The number of fused-ring (bicyclic) bond motifs is 2. The highest BCUT2D eigenvalue weighted by Crippen LogP contribution is 2.39. The van der Waals surface area contributed by atoms with Gasteiger partial charge < -0.3 is 0 Å². The van der Waals surface area contributed by atoms with Crippen LogP contribution in [0.3, 0.4) is 0 Å². The molecule has 0 saturated heterocycles. The molecule has 3 heterocycles. The lowest BCUT2D eigenvalue weighted by atomic mass is 10.0. The number of benzene rings is 1. The van der Waals surface area contributed by atoms with E-state index in [0.717, 1.165) is 42.6 Å². The summed E-state index contributed by atoms with van der Waals surface area (Å²) in [7, 11) is 0. The molecule has 24 heavy (non-hydrogen) atoms. The summed E-state index contributed by atoms with van der Waals surface area (Å²) in [5.41, 5.74) is 3.14. The van der Waals surface area contributed by atoms with Gasteiger partial charge in [0.1, 0.15) is 0 Å². The quantitative estimate of drug-likeness (QED) is 0.727. The minimum atomic E-state index is -1.10. The standard InChI is InChI=1S/C17H17FN6/c18-12-10-15(11-6-2-1-3-7-11)23-16(12)19-17(21-23)24-14-9-5-4-8-13(14)20-22-24/h1-3,6-7,12,15H,4-5,8-10H2. The molecular formula is C17H17FN6. The zero-order valence-electron chi connectivity index (χ0n) is 13.1. The van der Waals surface area contributed by atoms with Crippen LogP contribution >= 0.6 is 0 Å². The molecule has 2 aromatic heterocycles. The Morgan fingerprint density at radius 3 is 2.79 bits per heavy atom. The van der Waals surface area contributed by atoms with Crippen LogP contribution in [0.5, 0.6) is 0 Å². The fraction of sp³-hybridized carbons (Fsp3) is 0.412. The topological polar surface area (TPSA) is 61.4 Å². The molecule has 0 fully saturated rings. The highest BCUT2D eigenvalue weighted by Gasteiger charge is 2.36. The summed E-state index contributed by atoms with van der Waals surface area (Å²) in [5.74, 6) is 0.822. The van der Waals surface area contributed by atoms with Gasteiger partial charge in [-0.1, -0.05) is 35.5 Å². The van der Waals surface area contributed by atoms with Crippen molar-refractivity contribution in [3.8, 4) is 5.95 Å². The zero-order chi connectivity index (χ0) is 16.1. The molecule has 122 valence electrons. The van der Waals surface area contributed by atoms with Crippen LogP contribution in [0.25, 0.3) is 5.95 Å². The van der Waals surface area contributed by atoms with E-state index < -0.39 is 6.17 Å². The lowest BCUT2D eigenvalue weighted by Gasteiger charge is -2.12. The van der Waals surface area contributed by atoms with Crippen LogP contribution in [0.1, 0.15) is 54.3 Å². The summed E-state index contributed by atoms with van der Waals surface area (Å²) >= 11 is 0. The second-order valence-corrected chi connectivity index (χ2v) is 6.45. The highest BCUT2D eigenvalue weighted by molar-refractivity contribution is 5.27. The van der Waals surface area contributed by atoms with Gasteiger partial charge in [0, 0.05) is 6.42 Å². The molecule has 5 rings (SSSR count). The maximum absolute atomic E-state index is 14.5. The van der Waals surface area contributed by atoms with Crippen LogP contribution in [0, 0.1) is 0 Å². The first-order valence-corrected chi connectivity index (χ1v) is 8.40. The Hall–Kier alpha value is -2.57. The van der Waals surface area contributed by atoms with Gasteiger partial charge in [0.05, 0.1) is 17.4 Å². The number of halogens is 1. The van der Waals surface area contributed by atoms with Crippen LogP contribution in [0.15, 0.2) is 30.3 Å². The van der Waals surface area contributed by atoms with Gasteiger partial charge in [0.2, 0.25) is 0 Å². The van der Waals surface area contributed by atoms with Crippen molar-refractivity contribution in [3.63, 3.8) is 0 Å². The van der Waals surface area contributed by atoms with Gasteiger partial charge in [0.25, 0.3) is 5.95 Å². The van der Waals surface area contributed by atoms with Crippen molar-refractivity contribution in [3.05, 3.63) is 53.1 Å². The van der Waals surface area contributed by atoms with Crippen LogP contribution < -0.4 is 0 Å². The Morgan fingerprint density at radius 1 is 1.08 bits per heavy atom. The average molecular weight is 324 g/mol. The molecule has 0 bridgehead atoms. The number of aryl methyl sites for hydroxylation is 1. The number of alkyl halides is 1. The molecule has 0 N–H and O–H groups in total. The van der Waals surface area contributed by atoms with Crippen molar-refractivity contribution in [2.24, 2.45) is 0 Å². The molecule has 1 aliphatic carbocycles. The van der Waals surface area contributed by atoms with Gasteiger partial charge in [0.15, 0.2) is 12.0 Å². The van der Waals surface area contributed by atoms with Gasteiger partial charge in [-0.3, -0.25) is 0 Å². The largest absolute Gasteiger partial charge is 0.271 e. The van der Waals surface area contributed by atoms with Crippen molar-refractivity contribution >= 4 is 0 Å². The van der Waals surface area contributed by atoms with Crippen LogP contribution in [0.4, 0.5) is 4.39 Å². The van der Waals surface area contributed by atoms with Gasteiger partial charge in [-0.15, -0.1) is 10.2 Å². The summed E-state index contributed by atoms with van der Waals surface area (Å²) < 4.78 is 17.9. The van der Waals surface area contributed by atoms with Gasteiger partial charge in [-0.05, 0) is 31.2 Å². The molecule has 3 aromatic rings. The molecule has 1 aliphatic heterocycles. The van der Waals surface area contributed by atoms with Crippen molar-refractivity contribution in [2.75, 3.05) is 0 Å². The van der Waals surface area contributed by atoms with E-state index in [1.165, 1.54) is 0 Å². The van der Waals surface area contributed by atoms with E-state index in [9.17, 15) is 4.39 Å². The molecule has 1 aromatic carbocycles. The third-order valence-corrected chi connectivity index (χ3v) is 4.95. The molecule has 2 atom stereocenters. The third kappa shape index (κ3) is 2.00. The summed E-state index contributed by atoms with van der Waals surface area (Å²) in [6.07, 6.45) is 3.41. The second-order valence-electron chi connectivity index (χ2n) is 6.45. The van der Waals surface area contributed by atoms with E-state index in [1.54, 1.807) is 9.36 Å². The number of hydrogen-bond donors (Lipinski definition) is 0. The summed E-state index contributed by atoms with van der Waals surface area (Å²) in [6, 6.07) is 9.78. The van der Waals surface area contributed by atoms with Crippen LogP contribution in [0.2, 0.25) is 0 Å². The molecule has 0 saturated carbocycles. The summed E-state index contributed by atoms with van der Waals surface area (Å²) in [6.45, 7) is 0. The maximum Gasteiger partial charge on any atom is 0.271 e. The van der Waals surface area contributed by atoms with E-state index in [-0.39, 0.29) is 6.04 Å². The minimum absolute atomic E-state index is 0.114. The first-order valence-electron chi connectivity index (χ1n) is 8.40. The molecule has 0 amide bonds. The maximum atomic E-state index is 14.5. The zero-order valence-corrected chi connectivity index (χ0v) is 13.1. The normalized spacial score (nSPS) is 22.4. The molecular weight excluding hydrogens is 307 g/mol. The lowest BCUT2D eigenvalue weighted by Crippen LogP contribution is -2.11. The monoisotopic (exact) mass is 324 g/mol. The van der Waals surface area contributed by atoms with Gasteiger partial charge in [-0.25, -0.2) is 9.07 Å². The minimum Gasteiger partial charge on any atom is -0.239 e. The van der Waals surface area contributed by atoms with E-state index in [0.29, 0.717) is 18.2 Å². The van der Waals surface area contributed by atoms with Gasteiger partial charge in [-0.2, -0.15) is 9.67 Å². The Kier molecular flexibility index (Phi) is 3.01. The van der Waals surface area contributed by atoms with Crippen molar-refractivity contribution < 1.29 is 4.39 Å². The molecule has 6 nitrogen and oxygen atoms in total. The lowest BCUT2D eigenvalue weighted by molar-refractivity contribution is 0.328. The van der Waals surface area contributed by atoms with Crippen molar-refractivity contribution in [1.29, 1.82) is 0 Å². The van der Waals surface area contributed by atoms with Crippen molar-refractivity contribution in [2.45, 2.75) is 44.3 Å². The van der Waals surface area contributed by atoms with E-state index in [4.69, 9.17) is 0 Å². The van der Waals surface area contributed by atoms with E-state index in [1.807, 2.05) is 30.3 Å². The van der Waals surface area contributed by atoms with Crippen LogP contribution in [-0.2, 0) is 12.8 Å². The second kappa shape index (κ2) is 5.22. The molecule has 0 spiro atoms. The van der Waals surface area contributed by atoms with Crippen molar-refractivity contribution in [1.82, 2.24) is 29.8 Å². The average Bonchev–Trinajstić information content (AvgIpc) is 3.30. The summed E-state index contributed by atoms with van der Waals surface area (Å²) in [4.78, 5) is 4.44. The predicted molar refractivity (Wildman–Crippen MR) is 84.6 cm³/mol. The summed E-state index contributed by atoms with van der Waals surface area (Å²) in [5, 5.41) is 13.0.